The number of rotatable bonds is 10. The highest BCUT2D eigenvalue weighted by Crippen LogP contribution is 2.09. The second kappa shape index (κ2) is 11.1. The minimum absolute atomic E-state index is 0.000702. The minimum Gasteiger partial charge on any atom is -0.480 e. The number of benzene rings is 2. The van der Waals surface area contributed by atoms with Gasteiger partial charge in [-0.3, -0.25) is 13.8 Å². The molecular weight excluding hydrogens is 392 g/mol. The summed E-state index contributed by atoms with van der Waals surface area (Å²) < 4.78 is 12.3. The van der Waals surface area contributed by atoms with Crippen molar-refractivity contribution in [2.45, 2.75) is 36.7 Å². The smallest absolute Gasteiger partial charge is 0.326 e. The van der Waals surface area contributed by atoms with E-state index in [1.165, 1.54) is 6.92 Å². The van der Waals surface area contributed by atoms with Crippen LogP contribution in [0.25, 0.3) is 0 Å². The monoisotopic (exact) mass is 416 g/mol. The van der Waals surface area contributed by atoms with Crippen LogP contribution in [0.1, 0.15) is 18.9 Å². The first-order valence-electron chi connectivity index (χ1n) is 9.14. The third-order valence-corrected chi connectivity index (χ3v) is 5.59. The van der Waals surface area contributed by atoms with Crippen molar-refractivity contribution in [2.24, 2.45) is 0 Å². The Morgan fingerprint density at radius 3 is 2.07 bits per heavy atom. The van der Waals surface area contributed by atoms with Crippen molar-refractivity contribution in [3.8, 4) is 0 Å². The van der Waals surface area contributed by atoms with Crippen LogP contribution < -0.4 is 10.6 Å². The second-order valence-corrected chi connectivity index (χ2v) is 8.06. The number of hydrogen-bond donors (Lipinski definition) is 3. The molecule has 0 spiro atoms. The van der Waals surface area contributed by atoms with Gasteiger partial charge in [0.1, 0.15) is 12.1 Å². The molecule has 0 heterocycles. The summed E-state index contributed by atoms with van der Waals surface area (Å²) in [6.45, 7) is 1.29. The topological polar surface area (TPSA) is 113 Å². The number of carboxylic acid groups (broad SMARTS) is 1. The van der Waals surface area contributed by atoms with Crippen molar-refractivity contribution >= 4 is 28.6 Å². The van der Waals surface area contributed by atoms with Gasteiger partial charge in [0.2, 0.25) is 11.8 Å². The van der Waals surface area contributed by atoms with Crippen LogP contribution in [0.15, 0.2) is 65.6 Å². The van der Waals surface area contributed by atoms with Crippen LogP contribution in [0.2, 0.25) is 0 Å². The number of carbonyl (C=O) groups is 3. The Bertz CT molecular complexity index is 858. The highest BCUT2D eigenvalue weighted by atomic mass is 32.2. The molecule has 0 saturated carbocycles. The predicted octanol–water partition coefficient (Wildman–Crippen LogP) is 1.50. The van der Waals surface area contributed by atoms with Gasteiger partial charge in [-0.15, -0.1) is 0 Å². The average molecular weight is 416 g/mol. The van der Waals surface area contributed by atoms with E-state index < -0.39 is 40.7 Å². The summed E-state index contributed by atoms with van der Waals surface area (Å²) >= 11 is 0. The largest absolute Gasteiger partial charge is 0.480 e. The molecule has 3 N–H and O–H groups in total. The molecule has 2 rings (SSSR count). The molecule has 0 fully saturated rings. The first-order chi connectivity index (χ1) is 13.9. The number of carboxylic acids is 1. The van der Waals surface area contributed by atoms with Gasteiger partial charge in [-0.05, 0) is 24.1 Å². The van der Waals surface area contributed by atoms with Crippen molar-refractivity contribution in [3.63, 3.8) is 0 Å². The molecule has 3 atom stereocenters. The fourth-order valence-electron chi connectivity index (χ4n) is 2.75. The Hall–Kier alpha value is -3.00. The third kappa shape index (κ3) is 7.50. The molecule has 0 aliphatic rings. The van der Waals surface area contributed by atoms with Crippen LogP contribution >= 0.6 is 0 Å². The van der Waals surface area contributed by atoms with E-state index in [1.54, 1.807) is 30.3 Å². The Morgan fingerprint density at radius 2 is 1.52 bits per heavy atom. The molecule has 8 heteroatoms. The van der Waals surface area contributed by atoms with Crippen LogP contribution in [-0.2, 0) is 31.6 Å². The van der Waals surface area contributed by atoms with E-state index in [0.717, 1.165) is 5.56 Å². The lowest BCUT2D eigenvalue weighted by molar-refractivity contribution is -0.142. The van der Waals surface area contributed by atoms with E-state index in [0.29, 0.717) is 4.90 Å². The fraction of sp³-hybridized carbons (Fsp3) is 0.286. The fourth-order valence-corrected chi connectivity index (χ4v) is 3.90. The van der Waals surface area contributed by atoms with Crippen molar-refractivity contribution in [1.82, 2.24) is 10.6 Å². The molecule has 154 valence electrons. The first kappa shape index (κ1) is 22.3. The maximum Gasteiger partial charge on any atom is 0.326 e. The van der Waals surface area contributed by atoms with Crippen LogP contribution in [0, 0.1) is 0 Å². The molecule has 29 heavy (non-hydrogen) atoms. The zero-order valence-electron chi connectivity index (χ0n) is 16.0. The highest BCUT2D eigenvalue weighted by molar-refractivity contribution is 7.85. The summed E-state index contributed by atoms with van der Waals surface area (Å²) in [7, 11) is -1.37. The van der Waals surface area contributed by atoms with Crippen molar-refractivity contribution < 1.29 is 23.7 Å². The second-order valence-electron chi connectivity index (χ2n) is 6.49. The van der Waals surface area contributed by atoms with Gasteiger partial charge in [0.15, 0.2) is 0 Å². The third-order valence-electron chi connectivity index (χ3n) is 4.19. The van der Waals surface area contributed by atoms with Crippen molar-refractivity contribution in [1.29, 1.82) is 0 Å². The number of nitrogens with one attached hydrogen (secondary N) is 2. The van der Waals surface area contributed by atoms with E-state index in [9.17, 15) is 23.7 Å². The van der Waals surface area contributed by atoms with Gasteiger partial charge in [0, 0.05) is 24.0 Å². The van der Waals surface area contributed by atoms with Crippen molar-refractivity contribution in [3.05, 3.63) is 66.2 Å². The normalized spacial score (nSPS) is 13.7. The zero-order chi connectivity index (χ0) is 21.2. The lowest BCUT2D eigenvalue weighted by Crippen LogP contribution is -2.52. The first-order valence-corrected chi connectivity index (χ1v) is 10.5. The van der Waals surface area contributed by atoms with E-state index in [-0.39, 0.29) is 18.6 Å². The predicted molar refractivity (Wildman–Crippen MR) is 110 cm³/mol. The van der Waals surface area contributed by atoms with Crippen LogP contribution in [0.4, 0.5) is 0 Å². The summed E-state index contributed by atoms with van der Waals surface area (Å²) in [5, 5.41) is 14.5. The lowest BCUT2D eigenvalue weighted by Gasteiger charge is -2.21. The van der Waals surface area contributed by atoms with Gasteiger partial charge in [-0.2, -0.15) is 0 Å². The summed E-state index contributed by atoms with van der Waals surface area (Å²) in [4.78, 5) is 36.3. The van der Waals surface area contributed by atoms with Crippen molar-refractivity contribution in [2.75, 3.05) is 5.75 Å². The Balaban J connectivity index is 2.02. The van der Waals surface area contributed by atoms with Gasteiger partial charge >= 0.3 is 5.97 Å². The van der Waals surface area contributed by atoms with E-state index in [1.807, 2.05) is 30.3 Å². The van der Waals surface area contributed by atoms with E-state index >= 15 is 0 Å². The average Bonchev–Trinajstić information content (AvgIpc) is 2.71. The highest BCUT2D eigenvalue weighted by Gasteiger charge is 2.26. The molecule has 0 saturated heterocycles. The van der Waals surface area contributed by atoms with Gasteiger partial charge < -0.3 is 15.7 Å². The Labute approximate surface area is 172 Å². The zero-order valence-corrected chi connectivity index (χ0v) is 16.9. The molecular formula is C21H24N2O5S. The Kier molecular flexibility index (Phi) is 8.54. The molecule has 2 aromatic rings. The number of carbonyl (C=O) groups excluding carboxylic acids is 2. The molecule has 0 aliphatic heterocycles. The standard InChI is InChI=1S/C21H24N2O5S/c1-15(24)22-19(14-16-8-4-2-5-9-16)20(25)23-18(21(26)27)12-13-29(28)17-10-6-3-7-11-17/h2-11,18-19H,12-14H2,1H3,(H,22,24)(H,23,25)(H,26,27)/t18-,19-,29+/m1/s1. The number of amides is 2. The van der Waals surface area contributed by atoms with Gasteiger partial charge in [-0.1, -0.05) is 48.5 Å². The summed E-state index contributed by atoms with van der Waals surface area (Å²) in [6.07, 6.45) is 0.231. The van der Waals surface area contributed by atoms with Crippen LogP contribution in [0.3, 0.4) is 0 Å². The van der Waals surface area contributed by atoms with Gasteiger partial charge in [0.05, 0.1) is 10.8 Å². The lowest BCUT2D eigenvalue weighted by atomic mass is 10.0. The molecule has 0 aromatic heterocycles. The summed E-state index contributed by atoms with van der Waals surface area (Å²) in [5.74, 6) is -2.12. The molecule has 0 unspecified atom stereocenters. The Morgan fingerprint density at radius 1 is 0.931 bits per heavy atom. The van der Waals surface area contributed by atoms with Gasteiger partial charge in [0.25, 0.3) is 0 Å². The molecule has 2 amide bonds. The SMILES string of the molecule is CC(=O)N[C@H](Cc1ccccc1)C(=O)N[C@H](CC[S@](=O)c1ccccc1)C(=O)O. The number of aliphatic carboxylic acids is 1. The summed E-state index contributed by atoms with van der Waals surface area (Å²) in [6, 6.07) is 15.7. The maximum absolute atomic E-state index is 12.6. The van der Waals surface area contributed by atoms with E-state index in [2.05, 4.69) is 10.6 Å². The number of hydrogen-bond acceptors (Lipinski definition) is 4. The minimum atomic E-state index is -1.37. The maximum atomic E-state index is 12.6. The molecule has 0 radical (unpaired) electrons. The van der Waals surface area contributed by atoms with Crippen LogP contribution in [-0.4, -0.2) is 44.9 Å². The summed E-state index contributed by atoms with van der Waals surface area (Å²) in [5.41, 5.74) is 0.832. The van der Waals surface area contributed by atoms with E-state index in [4.69, 9.17) is 0 Å². The van der Waals surface area contributed by atoms with Gasteiger partial charge in [-0.25, -0.2) is 4.79 Å². The molecule has 2 aromatic carbocycles. The molecule has 0 aliphatic carbocycles. The molecule has 7 nitrogen and oxygen atoms in total. The quantitative estimate of drug-likeness (QED) is 0.543. The van der Waals surface area contributed by atoms with Crippen LogP contribution in [0.5, 0.6) is 0 Å². The molecule has 0 bridgehead atoms.